The smallest absolute Gasteiger partial charge is 0.433 e. The Morgan fingerprint density at radius 3 is 2.26 bits per heavy atom. The first-order valence-electron chi connectivity index (χ1n) is 11.1. The van der Waals surface area contributed by atoms with Gasteiger partial charge in [-0.2, -0.15) is 13.2 Å². The van der Waals surface area contributed by atoms with Crippen LogP contribution in [0, 0.1) is 0 Å². The van der Waals surface area contributed by atoms with E-state index in [2.05, 4.69) is 37.5 Å². The van der Waals surface area contributed by atoms with E-state index in [0.29, 0.717) is 17.9 Å². The highest BCUT2D eigenvalue weighted by Gasteiger charge is 2.32. The minimum atomic E-state index is -4.47. The summed E-state index contributed by atoms with van der Waals surface area (Å²) in [6.07, 6.45) is -3.34. The van der Waals surface area contributed by atoms with Gasteiger partial charge in [0.2, 0.25) is 11.8 Å². The minimum Gasteiger partial charge on any atom is -0.472 e. The first-order chi connectivity index (χ1) is 16.8. The van der Waals surface area contributed by atoms with Crippen LogP contribution in [0.25, 0.3) is 0 Å². The number of carbonyl (C=O) groups is 1. The Bertz CT molecular complexity index is 1110. The maximum absolute atomic E-state index is 12.6. The number of carbonyl (C=O) groups excluding carboxylic acids is 1. The summed E-state index contributed by atoms with van der Waals surface area (Å²) in [7, 11) is 0. The number of ether oxygens (including phenoxy) is 1. The molecule has 2 aromatic heterocycles. The van der Waals surface area contributed by atoms with Crippen molar-refractivity contribution in [2.75, 3.05) is 36.4 Å². The molecule has 8 nitrogen and oxygen atoms in total. The van der Waals surface area contributed by atoms with E-state index >= 15 is 0 Å². The molecule has 1 fully saturated rings. The zero-order valence-corrected chi connectivity index (χ0v) is 19.1. The second-order valence-corrected chi connectivity index (χ2v) is 8.11. The lowest BCUT2D eigenvalue weighted by molar-refractivity contribution is -0.141. The third-order valence-electron chi connectivity index (χ3n) is 5.64. The van der Waals surface area contributed by atoms with E-state index in [1.54, 1.807) is 19.1 Å². The van der Waals surface area contributed by atoms with Gasteiger partial charge in [0, 0.05) is 63.2 Å². The third kappa shape index (κ3) is 6.58. The van der Waals surface area contributed by atoms with Crippen molar-refractivity contribution >= 4 is 17.4 Å². The zero-order valence-electron chi connectivity index (χ0n) is 19.1. The van der Waals surface area contributed by atoms with Crippen molar-refractivity contribution in [2.24, 2.45) is 0 Å². The van der Waals surface area contributed by atoms with E-state index in [-0.39, 0.29) is 18.4 Å². The topological polar surface area (TPSA) is 83.5 Å². The molecular weight excluding hydrogens is 461 g/mol. The highest BCUT2D eigenvalue weighted by molar-refractivity contribution is 5.73. The van der Waals surface area contributed by atoms with E-state index in [1.807, 2.05) is 17.0 Å². The molecule has 0 aliphatic carbocycles. The molecule has 1 aliphatic heterocycles. The van der Waals surface area contributed by atoms with Crippen LogP contribution in [0.4, 0.5) is 24.7 Å². The zero-order chi connectivity index (χ0) is 24.8. The summed E-state index contributed by atoms with van der Waals surface area (Å²) in [5.74, 6) is 0.938. The Hall–Kier alpha value is -3.89. The van der Waals surface area contributed by atoms with Gasteiger partial charge in [0.25, 0.3) is 0 Å². The quantitative estimate of drug-likeness (QED) is 0.545. The van der Waals surface area contributed by atoms with Crippen molar-refractivity contribution in [3.8, 4) is 5.88 Å². The van der Waals surface area contributed by atoms with Crippen LogP contribution in [0.15, 0.2) is 54.7 Å². The van der Waals surface area contributed by atoms with Crippen molar-refractivity contribution < 1.29 is 22.7 Å². The van der Waals surface area contributed by atoms with E-state index < -0.39 is 11.9 Å². The van der Waals surface area contributed by atoms with E-state index in [0.717, 1.165) is 49.7 Å². The van der Waals surface area contributed by atoms with Crippen molar-refractivity contribution in [2.45, 2.75) is 26.3 Å². The number of aromatic nitrogens is 3. The summed E-state index contributed by atoms with van der Waals surface area (Å²) in [5.41, 5.74) is 1.75. The second kappa shape index (κ2) is 10.6. The number of pyridine rings is 1. The number of halogens is 3. The molecule has 0 atom stereocenters. The molecule has 1 aliphatic rings. The number of alkyl halides is 3. The van der Waals surface area contributed by atoms with Gasteiger partial charge in [-0.25, -0.2) is 0 Å². The Morgan fingerprint density at radius 1 is 0.971 bits per heavy atom. The number of anilines is 2. The van der Waals surface area contributed by atoms with Gasteiger partial charge >= 0.3 is 6.18 Å². The fourth-order valence-corrected chi connectivity index (χ4v) is 3.62. The third-order valence-corrected chi connectivity index (χ3v) is 5.64. The number of amides is 1. The average molecular weight is 486 g/mol. The fourth-order valence-electron chi connectivity index (χ4n) is 3.62. The highest BCUT2D eigenvalue weighted by atomic mass is 19.4. The molecule has 3 aromatic rings. The van der Waals surface area contributed by atoms with Gasteiger partial charge in [-0.15, -0.1) is 10.2 Å². The molecule has 1 saturated heterocycles. The Morgan fingerprint density at radius 2 is 1.69 bits per heavy atom. The molecule has 0 unspecified atom stereocenters. The summed E-state index contributed by atoms with van der Waals surface area (Å²) >= 11 is 0. The predicted molar refractivity (Wildman–Crippen MR) is 124 cm³/mol. The van der Waals surface area contributed by atoms with Gasteiger partial charge < -0.3 is 19.9 Å². The van der Waals surface area contributed by atoms with Crippen LogP contribution >= 0.6 is 0 Å². The largest absolute Gasteiger partial charge is 0.472 e. The summed E-state index contributed by atoms with van der Waals surface area (Å²) in [4.78, 5) is 19.0. The molecule has 0 radical (unpaired) electrons. The Labute approximate surface area is 200 Å². The predicted octanol–water partition coefficient (Wildman–Crippen LogP) is 3.75. The molecule has 1 aromatic carbocycles. The molecular formula is C24H25F3N6O2. The van der Waals surface area contributed by atoms with E-state index in [1.165, 1.54) is 6.07 Å². The lowest BCUT2D eigenvalue weighted by atomic mass is 10.1. The Balaban J connectivity index is 1.23. The first-order valence-corrected chi connectivity index (χ1v) is 11.1. The maximum atomic E-state index is 12.6. The molecule has 35 heavy (non-hydrogen) atoms. The summed E-state index contributed by atoms with van der Waals surface area (Å²) in [6, 6.07) is 13.8. The summed E-state index contributed by atoms with van der Waals surface area (Å²) in [5, 5.41) is 11.3. The number of rotatable bonds is 7. The number of benzene rings is 1. The normalized spacial score (nSPS) is 14.1. The van der Waals surface area contributed by atoms with Crippen LogP contribution in [0.2, 0.25) is 0 Å². The molecule has 11 heteroatoms. The summed E-state index contributed by atoms with van der Waals surface area (Å²) < 4.78 is 43.2. The highest BCUT2D eigenvalue weighted by Crippen LogP contribution is 2.27. The monoisotopic (exact) mass is 486 g/mol. The lowest BCUT2D eigenvalue weighted by Gasteiger charge is -2.35. The fraction of sp³-hybridized carbons (Fsp3) is 0.333. The van der Waals surface area contributed by atoms with Crippen molar-refractivity contribution in [1.29, 1.82) is 0 Å². The molecule has 184 valence electrons. The molecule has 3 heterocycles. The molecule has 0 bridgehead atoms. The van der Waals surface area contributed by atoms with Crippen molar-refractivity contribution in [3.63, 3.8) is 0 Å². The lowest BCUT2D eigenvalue weighted by Crippen LogP contribution is -2.48. The maximum Gasteiger partial charge on any atom is 0.433 e. The summed E-state index contributed by atoms with van der Waals surface area (Å²) in [6.45, 7) is 5.29. The van der Waals surface area contributed by atoms with Crippen LogP contribution < -0.4 is 15.0 Å². The number of nitrogens with one attached hydrogen (secondary N) is 1. The van der Waals surface area contributed by atoms with Crippen molar-refractivity contribution in [1.82, 2.24) is 20.1 Å². The van der Waals surface area contributed by atoms with Gasteiger partial charge in [0.05, 0.1) is 0 Å². The molecule has 4 rings (SSSR count). The van der Waals surface area contributed by atoms with Gasteiger partial charge in [0.15, 0.2) is 0 Å². The van der Waals surface area contributed by atoms with Gasteiger partial charge in [-0.1, -0.05) is 18.2 Å². The van der Waals surface area contributed by atoms with Gasteiger partial charge in [-0.3, -0.25) is 9.78 Å². The number of hydrogen-bond acceptors (Lipinski definition) is 7. The number of piperazine rings is 1. The van der Waals surface area contributed by atoms with Crippen LogP contribution in [-0.2, 0) is 24.1 Å². The van der Waals surface area contributed by atoms with Gasteiger partial charge in [0.1, 0.15) is 18.1 Å². The number of nitrogens with zero attached hydrogens (tertiary/aromatic N) is 5. The standard InChI is InChI=1S/C24H25F3N6O2/c1-17(34)32-10-12-33(13-11-32)20-5-2-18(3-6-20)14-29-22-8-9-23(31-30-22)35-16-19-4-7-21(28-15-19)24(25,26)27/h2-9,15H,10-14,16H2,1H3,(H,29,30). The van der Waals surface area contributed by atoms with Crippen molar-refractivity contribution in [3.05, 3.63) is 71.5 Å². The van der Waals surface area contributed by atoms with Crippen LogP contribution in [0.3, 0.4) is 0 Å². The average Bonchev–Trinajstić information content (AvgIpc) is 2.87. The second-order valence-electron chi connectivity index (χ2n) is 8.11. The van der Waals surface area contributed by atoms with E-state index in [9.17, 15) is 18.0 Å². The van der Waals surface area contributed by atoms with E-state index in [4.69, 9.17) is 4.74 Å². The first kappa shape index (κ1) is 24.2. The SMILES string of the molecule is CC(=O)N1CCN(c2ccc(CNc3ccc(OCc4ccc(C(F)(F)F)nc4)nn3)cc2)CC1. The molecule has 0 spiro atoms. The molecule has 0 saturated carbocycles. The Kier molecular flexibility index (Phi) is 7.33. The van der Waals surface area contributed by atoms with Gasteiger partial charge in [-0.05, 0) is 29.8 Å². The minimum absolute atomic E-state index is 0.0305. The molecule has 1 N–H and O–H groups in total. The van der Waals surface area contributed by atoms with Crippen LogP contribution in [-0.4, -0.2) is 52.2 Å². The van der Waals surface area contributed by atoms with Crippen LogP contribution in [0.5, 0.6) is 5.88 Å². The van der Waals surface area contributed by atoms with Crippen LogP contribution in [0.1, 0.15) is 23.7 Å². The number of hydrogen-bond donors (Lipinski definition) is 1. The molecule has 1 amide bonds.